The van der Waals surface area contributed by atoms with Gasteiger partial charge < -0.3 is 4.42 Å². The van der Waals surface area contributed by atoms with Crippen molar-refractivity contribution in [1.82, 2.24) is 0 Å². The van der Waals surface area contributed by atoms with Crippen LogP contribution in [0.1, 0.15) is 11.3 Å². The van der Waals surface area contributed by atoms with Gasteiger partial charge in [-0.15, -0.1) is 0 Å². The fourth-order valence-electron chi connectivity index (χ4n) is 2.85. The molecule has 1 amide bonds. The van der Waals surface area contributed by atoms with Gasteiger partial charge in [-0.1, -0.05) is 41.7 Å². The summed E-state index contributed by atoms with van der Waals surface area (Å²) < 4.78 is 6.26. The van der Waals surface area contributed by atoms with Crippen LogP contribution in [-0.4, -0.2) is 15.2 Å². The van der Waals surface area contributed by atoms with E-state index in [0.717, 1.165) is 11.3 Å². The van der Waals surface area contributed by atoms with Crippen LogP contribution in [0.3, 0.4) is 0 Å². The van der Waals surface area contributed by atoms with Crippen LogP contribution in [0.25, 0.3) is 17.4 Å². The van der Waals surface area contributed by atoms with Gasteiger partial charge >= 0.3 is 0 Å². The number of furan rings is 1. The highest BCUT2D eigenvalue weighted by Gasteiger charge is 2.33. The second kappa shape index (κ2) is 7.65. The van der Waals surface area contributed by atoms with E-state index in [2.05, 4.69) is 0 Å². The molecule has 0 saturated carbocycles. The van der Waals surface area contributed by atoms with Gasteiger partial charge in [-0.25, -0.2) is 0 Å². The van der Waals surface area contributed by atoms with Crippen molar-refractivity contribution in [3.8, 4) is 11.3 Å². The van der Waals surface area contributed by atoms with Crippen LogP contribution in [0, 0.1) is 17.0 Å². The van der Waals surface area contributed by atoms with E-state index < -0.39 is 4.92 Å². The molecule has 0 radical (unpaired) electrons. The van der Waals surface area contributed by atoms with E-state index in [0.29, 0.717) is 26.3 Å². The fraction of sp³-hybridized carbons (Fsp3) is 0.0476. The molecule has 8 heteroatoms. The van der Waals surface area contributed by atoms with E-state index in [1.165, 1.54) is 28.8 Å². The van der Waals surface area contributed by atoms with E-state index in [1.807, 2.05) is 31.2 Å². The largest absolute Gasteiger partial charge is 0.457 e. The van der Waals surface area contributed by atoms with Crippen molar-refractivity contribution in [2.24, 2.45) is 0 Å². The number of rotatable bonds is 4. The SMILES string of the molecule is Cc1ccc(N2C(=O)C(=Cc3ccc(-c4ccc([N+](=O)[O-])cc4)o3)SC2=S)cc1. The first-order chi connectivity index (χ1) is 13.9. The molecule has 1 aliphatic rings. The number of nitro groups is 1. The summed E-state index contributed by atoms with van der Waals surface area (Å²) in [7, 11) is 0. The standard InChI is InChI=1S/C21H14N2O4S2/c1-13-2-6-15(7-3-13)22-20(24)19(29-21(22)28)12-17-10-11-18(27-17)14-4-8-16(9-5-14)23(25)26/h2-12H,1H3. The molecule has 1 fully saturated rings. The summed E-state index contributed by atoms with van der Waals surface area (Å²) in [5, 5.41) is 10.8. The zero-order valence-electron chi connectivity index (χ0n) is 15.2. The van der Waals surface area contributed by atoms with Gasteiger partial charge in [0.25, 0.3) is 11.6 Å². The third-order valence-corrected chi connectivity index (χ3v) is 5.65. The molecule has 0 aliphatic carbocycles. The molecule has 4 rings (SSSR count). The van der Waals surface area contributed by atoms with E-state index >= 15 is 0 Å². The lowest BCUT2D eigenvalue weighted by Crippen LogP contribution is -2.27. The van der Waals surface area contributed by atoms with Crippen LogP contribution < -0.4 is 4.90 Å². The molecule has 1 aromatic heterocycles. The summed E-state index contributed by atoms with van der Waals surface area (Å²) in [5.41, 5.74) is 2.55. The minimum Gasteiger partial charge on any atom is -0.457 e. The highest BCUT2D eigenvalue weighted by atomic mass is 32.2. The van der Waals surface area contributed by atoms with E-state index in [4.69, 9.17) is 16.6 Å². The number of thioether (sulfide) groups is 1. The monoisotopic (exact) mass is 422 g/mol. The second-order valence-corrected chi connectivity index (χ2v) is 8.03. The average Bonchev–Trinajstić information content (AvgIpc) is 3.28. The third kappa shape index (κ3) is 3.85. The van der Waals surface area contributed by atoms with Crippen molar-refractivity contribution >= 4 is 51.7 Å². The van der Waals surface area contributed by atoms with Gasteiger partial charge in [0.2, 0.25) is 0 Å². The van der Waals surface area contributed by atoms with E-state index in [-0.39, 0.29) is 11.6 Å². The Labute approximate surface area is 176 Å². The Bertz CT molecular complexity index is 1150. The molecule has 144 valence electrons. The third-order valence-electron chi connectivity index (χ3n) is 4.35. The van der Waals surface area contributed by atoms with Crippen LogP contribution in [0.4, 0.5) is 11.4 Å². The molecule has 1 aliphatic heterocycles. The first-order valence-electron chi connectivity index (χ1n) is 8.62. The van der Waals surface area contributed by atoms with Gasteiger partial charge in [0, 0.05) is 23.8 Å². The van der Waals surface area contributed by atoms with Crippen molar-refractivity contribution < 1.29 is 14.1 Å². The first kappa shape index (κ1) is 19.1. The molecular weight excluding hydrogens is 408 g/mol. The Morgan fingerprint density at radius 3 is 2.41 bits per heavy atom. The number of non-ortho nitro benzene ring substituents is 1. The molecular formula is C21H14N2O4S2. The number of benzene rings is 2. The molecule has 0 atom stereocenters. The summed E-state index contributed by atoms with van der Waals surface area (Å²) in [5.74, 6) is 0.861. The fourth-order valence-corrected chi connectivity index (χ4v) is 4.13. The first-order valence-corrected chi connectivity index (χ1v) is 9.84. The number of aryl methyl sites for hydroxylation is 1. The molecule has 0 spiro atoms. The Hall–Kier alpha value is -3.23. The molecule has 6 nitrogen and oxygen atoms in total. The lowest BCUT2D eigenvalue weighted by atomic mass is 10.1. The van der Waals surface area contributed by atoms with Crippen LogP contribution >= 0.6 is 24.0 Å². The number of anilines is 1. The van der Waals surface area contributed by atoms with Gasteiger partial charge in [0.15, 0.2) is 4.32 Å². The van der Waals surface area contributed by atoms with Crippen molar-refractivity contribution in [2.75, 3.05) is 4.90 Å². The average molecular weight is 422 g/mol. The molecule has 2 heterocycles. The van der Waals surface area contributed by atoms with Crippen LogP contribution in [0.5, 0.6) is 0 Å². The van der Waals surface area contributed by atoms with Gasteiger partial charge in [-0.3, -0.25) is 19.8 Å². The topological polar surface area (TPSA) is 76.6 Å². The Balaban J connectivity index is 1.57. The predicted octanol–water partition coefficient (Wildman–Crippen LogP) is 5.57. The molecule has 1 saturated heterocycles. The van der Waals surface area contributed by atoms with Crippen molar-refractivity contribution in [3.05, 3.63) is 87.0 Å². The Morgan fingerprint density at radius 2 is 1.76 bits per heavy atom. The van der Waals surface area contributed by atoms with E-state index in [1.54, 1.807) is 30.3 Å². The number of carbonyl (C=O) groups is 1. The molecule has 0 N–H and O–H groups in total. The van der Waals surface area contributed by atoms with Gasteiger partial charge in [0.1, 0.15) is 11.5 Å². The lowest BCUT2D eigenvalue weighted by Gasteiger charge is -2.14. The maximum absolute atomic E-state index is 12.8. The summed E-state index contributed by atoms with van der Waals surface area (Å²) >= 11 is 6.60. The van der Waals surface area contributed by atoms with E-state index in [9.17, 15) is 14.9 Å². The number of thiocarbonyl (C=S) groups is 1. The molecule has 0 bridgehead atoms. The van der Waals surface area contributed by atoms with Gasteiger partial charge in [-0.05, 0) is 43.3 Å². The highest BCUT2D eigenvalue weighted by Crippen LogP contribution is 2.36. The Morgan fingerprint density at radius 1 is 1.07 bits per heavy atom. The normalized spacial score (nSPS) is 15.3. The van der Waals surface area contributed by atoms with Gasteiger partial charge in [-0.2, -0.15) is 0 Å². The summed E-state index contributed by atoms with van der Waals surface area (Å²) in [6, 6.07) is 17.2. The van der Waals surface area contributed by atoms with Crippen LogP contribution in [0.2, 0.25) is 0 Å². The molecule has 2 aromatic carbocycles. The van der Waals surface area contributed by atoms with Crippen molar-refractivity contribution in [3.63, 3.8) is 0 Å². The number of amides is 1. The van der Waals surface area contributed by atoms with Crippen molar-refractivity contribution in [2.45, 2.75) is 6.92 Å². The number of carbonyl (C=O) groups excluding carboxylic acids is 1. The Kier molecular flexibility index (Phi) is 5.04. The minimum absolute atomic E-state index is 0.0142. The molecule has 0 unspecified atom stereocenters. The van der Waals surface area contributed by atoms with Crippen LogP contribution in [-0.2, 0) is 4.79 Å². The summed E-state index contributed by atoms with van der Waals surface area (Å²) in [6.07, 6.45) is 1.66. The predicted molar refractivity (Wildman–Crippen MR) is 118 cm³/mol. The lowest BCUT2D eigenvalue weighted by molar-refractivity contribution is -0.384. The summed E-state index contributed by atoms with van der Waals surface area (Å²) in [6.45, 7) is 1.98. The maximum atomic E-state index is 12.8. The second-order valence-electron chi connectivity index (χ2n) is 6.36. The summed E-state index contributed by atoms with van der Waals surface area (Å²) in [4.78, 5) is 25.1. The quantitative estimate of drug-likeness (QED) is 0.237. The molecule has 29 heavy (non-hydrogen) atoms. The molecule has 3 aromatic rings. The number of hydrogen-bond donors (Lipinski definition) is 0. The van der Waals surface area contributed by atoms with Gasteiger partial charge in [0.05, 0.1) is 15.5 Å². The smallest absolute Gasteiger partial charge is 0.270 e. The zero-order chi connectivity index (χ0) is 20.5. The maximum Gasteiger partial charge on any atom is 0.270 e. The zero-order valence-corrected chi connectivity index (χ0v) is 16.8. The highest BCUT2D eigenvalue weighted by molar-refractivity contribution is 8.27. The number of nitrogens with zero attached hydrogens (tertiary/aromatic N) is 2. The number of nitro benzene ring substituents is 1. The number of hydrogen-bond acceptors (Lipinski definition) is 6. The van der Waals surface area contributed by atoms with Crippen LogP contribution in [0.15, 0.2) is 70.0 Å². The van der Waals surface area contributed by atoms with Crippen molar-refractivity contribution in [1.29, 1.82) is 0 Å². The minimum atomic E-state index is -0.451.